The number of hydrogen-bond donors (Lipinski definition) is 1. The van der Waals surface area contributed by atoms with Crippen molar-refractivity contribution in [2.75, 3.05) is 0 Å². The molecule has 2 rings (SSSR count). The number of halogens is 2. The summed E-state index contributed by atoms with van der Waals surface area (Å²) in [7, 11) is 0. The summed E-state index contributed by atoms with van der Waals surface area (Å²) in [6.07, 6.45) is 0. The van der Waals surface area contributed by atoms with E-state index in [9.17, 15) is 0 Å². The maximum atomic E-state index is 6.10. The molecule has 0 aliphatic carbocycles. The molecular weight excluding hydrogens is 370 g/mol. The standard InChI is InChI=1S/C16H19BrClNOS/c1-16(2,3)19-9-11-8-12(18)4-5-14(11)20-10-15-13(17)6-7-21-15/h4-8,19H,9-10H2,1-3H3. The first-order valence-electron chi connectivity index (χ1n) is 6.73. The predicted octanol–water partition coefficient (Wildman–Crippen LogP) is 5.63. The van der Waals surface area contributed by atoms with Crippen LogP contribution in [0, 0.1) is 0 Å². The number of rotatable bonds is 5. The highest BCUT2D eigenvalue weighted by Gasteiger charge is 2.12. The summed E-state index contributed by atoms with van der Waals surface area (Å²) in [5.41, 5.74) is 1.13. The van der Waals surface area contributed by atoms with Gasteiger partial charge in [-0.1, -0.05) is 11.6 Å². The molecule has 0 radical (unpaired) electrons. The molecule has 5 heteroatoms. The molecule has 0 spiro atoms. The second-order valence-electron chi connectivity index (χ2n) is 5.84. The molecule has 0 saturated carbocycles. The minimum absolute atomic E-state index is 0.0520. The first-order valence-corrected chi connectivity index (χ1v) is 8.78. The minimum atomic E-state index is 0.0520. The second kappa shape index (κ2) is 7.14. The van der Waals surface area contributed by atoms with Crippen molar-refractivity contribution >= 4 is 38.9 Å². The lowest BCUT2D eigenvalue weighted by Crippen LogP contribution is -2.35. The first kappa shape index (κ1) is 16.8. The van der Waals surface area contributed by atoms with Crippen molar-refractivity contribution < 1.29 is 4.74 Å². The van der Waals surface area contributed by atoms with Crippen molar-refractivity contribution in [3.63, 3.8) is 0 Å². The van der Waals surface area contributed by atoms with Crippen LogP contribution in [0.3, 0.4) is 0 Å². The Morgan fingerprint density at radius 2 is 2.05 bits per heavy atom. The third kappa shape index (κ3) is 5.29. The molecule has 0 aliphatic rings. The van der Waals surface area contributed by atoms with E-state index < -0.39 is 0 Å². The van der Waals surface area contributed by atoms with Crippen molar-refractivity contribution in [3.8, 4) is 5.75 Å². The van der Waals surface area contributed by atoms with E-state index >= 15 is 0 Å². The van der Waals surface area contributed by atoms with Crippen molar-refractivity contribution in [2.45, 2.75) is 39.5 Å². The number of benzene rings is 1. The van der Waals surface area contributed by atoms with E-state index in [1.807, 2.05) is 29.6 Å². The molecule has 2 nitrogen and oxygen atoms in total. The lowest BCUT2D eigenvalue weighted by atomic mass is 10.1. The highest BCUT2D eigenvalue weighted by atomic mass is 79.9. The zero-order valence-corrected chi connectivity index (χ0v) is 15.5. The molecule has 21 heavy (non-hydrogen) atoms. The van der Waals surface area contributed by atoms with Gasteiger partial charge in [-0.05, 0) is 66.3 Å². The number of nitrogens with one attached hydrogen (secondary N) is 1. The molecule has 0 unspecified atom stereocenters. The quantitative estimate of drug-likeness (QED) is 0.716. The van der Waals surface area contributed by atoms with E-state index in [-0.39, 0.29) is 5.54 Å². The molecule has 0 saturated heterocycles. The molecule has 2 aromatic rings. The molecular formula is C16H19BrClNOS. The summed E-state index contributed by atoms with van der Waals surface area (Å²) >= 11 is 11.3. The van der Waals surface area contributed by atoms with Crippen LogP contribution in [-0.4, -0.2) is 5.54 Å². The summed E-state index contributed by atoms with van der Waals surface area (Å²) in [4.78, 5) is 1.18. The molecule has 1 aromatic heterocycles. The Balaban J connectivity index is 2.09. The Labute approximate surface area is 143 Å². The molecule has 0 atom stereocenters. The summed E-state index contributed by atoms with van der Waals surface area (Å²) in [5, 5.41) is 6.24. The first-order chi connectivity index (χ1) is 9.85. The average Bonchev–Trinajstić information content (AvgIpc) is 2.80. The Morgan fingerprint density at radius 3 is 2.67 bits per heavy atom. The highest BCUT2D eigenvalue weighted by molar-refractivity contribution is 9.10. The van der Waals surface area contributed by atoms with Gasteiger partial charge in [0, 0.05) is 27.1 Å². The molecule has 1 N–H and O–H groups in total. The van der Waals surface area contributed by atoms with Crippen LogP contribution in [0.4, 0.5) is 0 Å². The van der Waals surface area contributed by atoms with Crippen molar-refractivity contribution in [3.05, 3.63) is 49.6 Å². The molecule has 1 heterocycles. The van der Waals surface area contributed by atoms with E-state index in [2.05, 4.69) is 42.0 Å². The van der Waals surface area contributed by atoms with Gasteiger partial charge in [0.1, 0.15) is 12.4 Å². The van der Waals surface area contributed by atoms with Crippen molar-refractivity contribution in [2.24, 2.45) is 0 Å². The monoisotopic (exact) mass is 387 g/mol. The summed E-state index contributed by atoms with van der Waals surface area (Å²) in [6, 6.07) is 7.79. The van der Waals surface area contributed by atoms with Crippen LogP contribution in [0.25, 0.3) is 0 Å². The van der Waals surface area contributed by atoms with Crippen LogP contribution in [0.15, 0.2) is 34.1 Å². The van der Waals surface area contributed by atoms with Crippen LogP contribution >= 0.6 is 38.9 Å². The van der Waals surface area contributed by atoms with Gasteiger partial charge in [0.15, 0.2) is 0 Å². The van der Waals surface area contributed by atoms with E-state index in [0.29, 0.717) is 6.61 Å². The summed E-state index contributed by atoms with van der Waals surface area (Å²) in [5.74, 6) is 0.872. The van der Waals surface area contributed by atoms with E-state index in [0.717, 1.165) is 27.4 Å². The van der Waals surface area contributed by atoms with Gasteiger partial charge in [-0.15, -0.1) is 11.3 Å². The maximum Gasteiger partial charge on any atom is 0.124 e. The fraction of sp³-hybridized carbons (Fsp3) is 0.375. The van der Waals surface area contributed by atoms with Gasteiger partial charge in [0.25, 0.3) is 0 Å². The molecule has 114 valence electrons. The topological polar surface area (TPSA) is 21.3 Å². The van der Waals surface area contributed by atoms with E-state index in [4.69, 9.17) is 16.3 Å². The maximum absolute atomic E-state index is 6.10. The lowest BCUT2D eigenvalue weighted by molar-refractivity contribution is 0.303. The summed E-state index contributed by atoms with van der Waals surface area (Å²) < 4.78 is 7.06. The van der Waals surface area contributed by atoms with Gasteiger partial charge >= 0.3 is 0 Å². The largest absolute Gasteiger partial charge is 0.488 e. The van der Waals surface area contributed by atoms with Gasteiger partial charge in [0.2, 0.25) is 0 Å². The summed E-state index contributed by atoms with van der Waals surface area (Å²) in [6.45, 7) is 7.70. The van der Waals surface area contributed by atoms with E-state index in [1.165, 1.54) is 4.88 Å². The van der Waals surface area contributed by atoms with Crippen LogP contribution in [-0.2, 0) is 13.2 Å². The Kier molecular flexibility index (Phi) is 5.72. The second-order valence-corrected chi connectivity index (χ2v) is 8.13. The average molecular weight is 389 g/mol. The fourth-order valence-corrected chi connectivity index (χ4v) is 3.33. The van der Waals surface area contributed by atoms with Gasteiger partial charge in [0.05, 0.1) is 4.88 Å². The Hall–Kier alpha value is -0.550. The van der Waals surface area contributed by atoms with Crippen LogP contribution < -0.4 is 10.1 Å². The van der Waals surface area contributed by atoms with Crippen LogP contribution in [0.1, 0.15) is 31.2 Å². The highest BCUT2D eigenvalue weighted by Crippen LogP contribution is 2.27. The molecule has 0 amide bonds. The van der Waals surface area contributed by atoms with Crippen LogP contribution in [0.2, 0.25) is 5.02 Å². The van der Waals surface area contributed by atoms with Crippen molar-refractivity contribution in [1.82, 2.24) is 5.32 Å². The van der Waals surface area contributed by atoms with Gasteiger partial charge in [-0.25, -0.2) is 0 Å². The normalized spacial score (nSPS) is 11.7. The number of hydrogen-bond acceptors (Lipinski definition) is 3. The molecule has 0 bridgehead atoms. The van der Waals surface area contributed by atoms with Gasteiger partial charge < -0.3 is 10.1 Å². The fourth-order valence-electron chi connectivity index (χ4n) is 1.76. The van der Waals surface area contributed by atoms with E-state index in [1.54, 1.807) is 11.3 Å². The Bertz CT molecular complexity index is 607. The minimum Gasteiger partial charge on any atom is -0.488 e. The SMILES string of the molecule is CC(C)(C)NCc1cc(Cl)ccc1OCc1sccc1Br. The third-order valence-corrected chi connectivity index (χ3v) is 5.02. The number of thiophene rings is 1. The molecule has 1 aromatic carbocycles. The van der Waals surface area contributed by atoms with Crippen LogP contribution in [0.5, 0.6) is 5.75 Å². The molecule has 0 fully saturated rings. The zero-order valence-electron chi connectivity index (χ0n) is 12.4. The number of ether oxygens (including phenoxy) is 1. The molecule has 0 aliphatic heterocycles. The van der Waals surface area contributed by atoms with Gasteiger partial charge in [-0.3, -0.25) is 0 Å². The van der Waals surface area contributed by atoms with Gasteiger partial charge in [-0.2, -0.15) is 0 Å². The lowest BCUT2D eigenvalue weighted by Gasteiger charge is -2.21. The zero-order chi connectivity index (χ0) is 15.5. The van der Waals surface area contributed by atoms with Crippen molar-refractivity contribution in [1.29, 1.82) is 0 Å². The third-order valence-electron chi connectivity index (χ3n) is 2.88. The smallest absolute Gasteiger partial charge is 0.124 e. The Morgan fingerprint density at radius 1 is 1.29 bits per heavy atom. The predicted molar refractivity (Wildman–Crippen MR) is 94.4 cm³/mol.